The number of nitrogens with zero attached hydrogens (tertiary/aromatic N) is 2. The van der Waals surface area contributed by atoms with Crippen molar-refractivity contribution in [1.29, 1.82) is 0 Å². The Hall–Kier alpha value is -1.70. The van der Waals surface area contributed by atoms with Crippen molar-refractivity contribution in [2.45, 2.75) is 12.5 Å². The van der Waals surface area contributed by atoms with E-state index in [0.29, 0.717) is 18.5 Å². The molecule has 3 heterocycles. The number of carbonyl (C=O) groups is 1. The molecule has 0 unspecified atom stereocenters. The molecule has 2 aliphatic heterocycles. The minimum atomic E-state index is -0.187. The summed E-state index contributed by atoms with van der Waals surface area (Å²) in [4.78, 5) is 18.4. The van der Waals surface area contributed by atoms with E-state index in [-0.39, 0.29) is 6.03 Å². The number of hydrogen-bond donors (Lipinski definition) is 2. The van der Waals surface area contributed by atoms with Crippen molar-refractivity contribution in [1.82, 2.24) is 15.2 Å². The summed E-state index contributed by atoms with van der Waals surface area (Å²) in [6, 6.07) is 3.64. The number of hydrogen-bond acceptors (Lipinski definition) is 5. The first-order valence-corrected chi connectivity index (χ1v) is 8.17. The Bertz CT molecular complexity index is 487. The molecule has 2 atom stereocenters. The van der Waals surface area contributed by atoms with Crippen molar-refractivity contribution in [3.8, 4) is 0 Å². The van der Waals surface area contributed by atoms with Crippen molar-refractivity contribution in [2.75, 3.05) is 51.4 Å². The predicted molar refractivity (Wildman–Crippen MR) is 86.4 cm³/mol. The number of rotatable bonds is 5. The zero-order valence-electron chi connectivity index (χ0n) is 13.2. The van der Waals surface area contributed by atoms with Crippen LogP contribution in [-0.2, 0) is 9.47 Å². The third kappa shape index (κ3) is 4.63. The summed E-state index contributed by atoms with van der Waals surface area (Å²) in [5.74, 6) is 0.467. The van der Waals surface area contributed by atoms with E-state index in [1.807, 2.05) is 0 Å². The molecule has 1 aromatic rings. The SMILES string of the molecule is O=C(NC[C@@H]([C@@H]1CCOC1)N1CCOCC1)Nc1ccncc1. The van der Waals surface area contributed by atoms with Crippen LogP contribution in [0.1, 0.15) is 6.42 Å². The maximum absolute atomic E-state index is 12.1. The number of urea groups is 1. The van der Waals surface area contributed by atoms with E-state index >= 15 is 0 Å². The number of aromatic nitrogens is 1. The molecule has 3 rings (SSSR count). The molecule has 126 valence electrons. The second kappa shape index (κ2) is 8.24. The molecule has 0 saturated carbocycles. The highest BCUT2D eigenvalue weighted by molar-refractivity contribution is 5.89. The summed E-state index contributed by atoms with van der Waals surface area (Å²) in [5.41, 5.74) is 0.740. The molecule has 0 spiro atoms. The molecule has 23 heavy (non-hydrogen) atoms. The quantitative estimate of drug-likeness (QED) is 0.844. The molecule has 1 aromatic heterocycles. The Kier molecular flexibility index (Phi) is 5.79. The van der Waals surface area contributed by atoms with Gasteiger partial charge in [-0.25, -0.2) is 4.79 Å². The Morgan fingerprint density at radius 1 is 1.26 bits per heavy atom. The van der Waals surface area contributed by atoms with Gasteiger partial charge in [-0.05, 0) is 18.6 Å². The van der Waals surface area contributed by atoms with Gasteiger partial charge in [0.15, 0.2) is 0 Å². The first-order chi connectivity index (χ1) is 11.3. The number of carbonyl (C=O) groups excluding carboxylic acids is 1. The first-order valence-electron chi connectivity index (χ1n) is 8.17. The van der Waals surface area contributed by atoms with Gasteiger partial charge in [0.1, 0.15) is 0 Å². The molecule has 0 aliphatic carbocycles. The number of nitrogens with one attached hydrogen (secondary N) is 2. The van der Waals surface area contributed by atoms with E-state index in [4.69, 9.17) is 9.47 Å². The minimum absolute atomic E-state index is 0.187. The highest BCUT2D eigenvalue weighted by Gasteiger charge is 2.31. The molecule has 2 amide bonds. The topological polar surface area (TPSA) is 75.7 Å². The lowest BCUT2D eigenvalue weighted by Crippen LogP contribution is -2.52. The molecule has 2 aliphatic rings. The van der Waals surface area contributed by atoms with Gasteiger partial charge in [-0.2, -0.15) is 0 Å². The fourth-order valence-electron chi connectivity index (χ4n) is 3.17. The van der Waals surface area contributed by atoms with Gasteiger partial charge in [0.2, 0.25) is 0 Å². The number of ether oxygens (including phenoxy) is 2. The summed E-state index contributed by atoms with van der Waals surface area (Å²) >= 11 is 0. The molecule has 7 heteroatoms. The molecule has 0 aromatic carbocycles. The third-order valence-electron chi connectivity index (χ3n) is 4.43. The third-order valence-corrected chi connectivity index (χ3v) is 4.43. The fraction of sp³-hybridized carbons (Fsp3) is 0.625. The second-order valence-electron chi connectivity index (χ2n) is 5.91. The summed E-state index contributed by atoms with van der Waals surface area (Å²) in [5, 5.41) is 5.82. The molecule has 2 saturated heterocycles. The summed E-state index contributed by atoms with van der Waals surface area (Å²) < 4.78 is 11.0. The lowest BCUT2D eigenvalue weighted by Gasteiger charge is -2.37. The van der Waals surface area contributed by atoms with Gasteiger partial charge in [-0.3, -0.25) is 9.88 Å². The van der Waals surface area contributed by atoms with Gasteiger partial charge >= 0.3 is 6.03 Å². The van der Waals surface area contributed by atoms with Crippen molar-refractivity contribution in [3.05, 3.63) is 24.5 Å². The van der Waals surface area contributed by atoms with Gasteiger partial charge in [0.05, 0.1) is 19.8 Å². The number of amides is 2. The smallest absolute Gasteiger partial charge is 0.319 e. The average Bonchev–Trinajstić information content (AvgIpc) is 3.11. The molecule has 0 radical (unpaired) electrons. The average molecular weight is 320 g/mol. The highest BCUT2D eigenvalue weighted by Crippen LogP contribution is 2.21. The van der Waals surface area contributed by atoms with Crippen LogP contribution in [0.4, 0.5) is 10.5 Å². The van der Waals surface area contributed by atoms with E-state index in [1.54, 1.807) is 24.5 Å². The lowest BCUT2D eigenvalue weighted by molar-refractivity contribution is 0.00222. The first kappa shape index (κ1) is 16.2. The van der Waals surface area contributed by atoms with Crippen LogP contribution >= 0.6 is 0 Å². The Morgan fingerprint density at radius 3 is 2.74 bits per heavy atom. The van der Waals surface area contributed by atoms with Crippen LogP contribution < -0.4 is 10.6 Å². The van der Waals surface area contributed by atoms with Crippen LogP contribution in [0.5, 0.6) is 0 Å². The normalized spacial score (nSPS) is 23.4. The molecular formula is C16H24N4O3. The van der Waals surface area contributed by atoms with E-state index in [2.05, 4.69) is 20.5 Å². The van der Waals surface area contributed by atoms with Gasteiger partial charge < -0.3 is 20.1 Å². The van der Waals surface area contributed by atoms with Crippen molar-refractivity contribution >= 4 is 11.7 Å². The molecule has 2 N–H and O–H groups in total. The van der Waals surface area contributed by atoms with Crippen LogP contribution in [0.25, 0.3) is 0 Å². The van der Waals surface area contributed by atoms with E-state index in [9.17, 15) is 4.79 Å². The van der Waals surface area contributed by atoms with Gasteiger partial charge in [0, 0.05) is 56.3 Å². The predicted octanol–water partition coefficient (Wildman–Crippen LogP) is 0.940. The van der Waals surface area contributed by atoms with Crippen LogP contribution in [0.2, 0.25) is 0 Å². The Labute approximate surface area is 136 Å². The Balaban J connectivity index is 1.54. The molecular weight excluding hydrogens is 296 g/mol. The summed E-state index contributed by atoms with van der Waals surface area (Å²) in [6.07, 6.45) is 4.36. The van der Waals surface area contributed by atoms with Crippen molar-refractivity contribution < 1.29 is 14.3 Å². The zero-order valence-corrected chi connectivity index (χ0v) is 13.2. The second-order valence-corrected chi connectivity index (χ2v) is 5.91. The van der Waals surface area contributed by atoms with Crippen molar-refractivity contribution in [3.63, 3.8) is 0 Å². The fourth-order valence-corrected chi connectivity index (χ4v) is 3.17. The minimum Gasteiger partial charge on any atom is -0.381 e. The van der Waals surface area contributed by atoms with Crippen LogP contribution in [0, 0.1) is 5.92 Å². The van der Waals surface area contributed by atoms with Crippen molar-refractivity contribution in [2.24, 2.45) is 5.92 Å². The number of morpholine rings is 1. The highest BCUT2D eigenvalue weighted by atomic mass is 16.5. The zero-order chi connectivity index (χ0) is 15.9. The number of anilines is 1. The lowest BCUT2D eigenvalue weighted by atomic mass is 9.97. The monoisotopic (exact) mass is 320 g/mol. The van der Waals surface area contributed by atoms with Gasteiger partial charge in [-0.1, -0.05) is 0 Å². The van der Waals surface area contributed by atoms with Crippen LogP contribution in [0.15, 0.2) is 24.5 Å². The molecule has 0 bridgehead atoms. The van der Waals surface area contributed by atoms with E-state index in [1.165, 1.54) is 0 Å². The van der Waals surface area contributed by atoms with Crippen LogP contribution in [-0.4, -0.2) is 68.0 Å². The van der Waals surface area contributed by atoms with Crippen LogP contribution in [0.3, 0.4) is 0 Å². The summed E-state index contributed by atoms with van der Waals surface area (Å²) in [7, 11) is 0. The summed E-state index contributed by atoms with van der Waals surface area (Å²) in [6.45, 7) is 5.54. The van der Waals surface area contributed by atoms with Gasteiger partial charge in [-0.15, -0.1) is 0 Å². The van der Waals surface area contributed by atoms with Gasteiger partial charge in [0.25, 0.3) is 0 Å². The maximum Gasteiger partial charge on any atom is 0.319 e. The number of pyridine rings is 1. The Morgan fingerprint density at radius 2 is 2.04 bits per heavy atom. The molecule has 2 fully saturated rings. The van der Waals surface area contributed by atoms with E-state index < -0.39 is 0 Å². The van der Waals surface area contributed by atoms with E-state index in [0.717, 1.165) is 51.6 Å². The maximum atomic E-state index is 12.1. The largest absolute Gasteiger partial charge is 0.381 e. The molecule has 7 nitrogen and oxygen atoms in total. The standard InChI is InChI=1S/C16H24N4O3/c21-16(19-14-1-4-17-5-2-14)18-11-15(13-3-8-23-12-13)20-6-9-22-10-7-20/h1-2,4-5,13,15H,3,6-12H2,(H2,17,18,19,21)/t13-,15+/m1/s1.